The number of amides is 4. The maximum Gasteiger partial charge on any atom is 0.312 e. The average molecular weight is 364 g/mol. The summed E-state index contributed by atoms with van der Waals surface area (Å²) in [6.07, 6.45) is 10.2. The molecular weight excluding hydrogens is 332 g/mol. The Hall–Kier alpha value is -1.79. The van der Waals surface area contributed by atoms with Crippen molar-refractivity contribution in [1.29, 1.82) is 0 Å². The number of carbonyl (C=O) groups is 3. The Balaban J connectivity index is 1.61. The Morgan fingerprint density at radius 2 is 1.73 bits per heavy atom. The summed E-state index contributed by atoms with van der Waals surface area (Å²) >= 11 is 0. The number of nitrogens with one attached hydrogen (secondary N) is 1. The van der Waals surface area contributed by atoms with E-state index in [2.05, 4.69) is 5.32 Å². The zero-order valence-electron chi connectivity index (χ0n) is 15.6. The van der Waals surface area contributed by atoms with Crippen molar-refractivity contribution in [2.24, 2.45) is 11.7 Å². The van der Waals surface area contributed by atoms with Crippen molar-refractivity contribution in [3.63, 3.8) is 0 Å². The molecule has 3 rings (SSSR count). The number of primary amides is 1. The summed E-state index contributed by atoms with van der Waals surface area (Å²) in [6.45, 7) is 1.67. The molecule has 2 heterocycles. The first-order chi connectivity index (χ1) is 12.6. The first kappa shape index (κ1) is 19.0. The number of hydrogen-bond donors (Lipinski definition) is 2. The Labute approximate surface area is 155 Å². The van der Waals surface area contributed by atoms with Gasteiger partial charge in [-0.15, -0.1) is 0 Å². The molecule has 0 radical (unpaired) electrons. The molecule has 0 aromatic rings. The van der Waals surface area contributed by atoms with Crippen LogP contribution in [0.15, 0.2) is 0 Å². The van der Waals surface area contributed by atoms with E-state index in [1.807, 2.05) is 9.80 Å². The van der Waals surface area contributed by atoms with Gasteiger partial charge < -0.3 is 20.9 Å². The highest BCUT2D eigenvalue weighted by Crippen LogP contribution is 2.30. The second kappa shape index (κ2) is 8.73. The van der Waals surface area contributed by atoms with E-state index >= 15 is 0 Å². The van der Waals surface area contributed by atoms with E-state index in [4.69, 9.17) is 5.73 Å². The minimum Gasteiger partial charge on any atom is -0.352 e. The molecule has 7 nitrogen and oxygen atoms in total. The second-order valence-corrected chi connectivity index (χ2v) is 8.02. The molecule has 1 saturated carbocycles. The van der Waals surface area contributed by atoms with Crippen LogP contribution in [0.25, 0.3) is 0 Å². The van der Waals surface area contributed by atoms with Gasteiger partial charge in [0.25, 0.3) is 0 Å². The Bertz CT molecular complexity index is 531. The van der Waals surface area contributed by atoms with Crippen LogP contribution in [0.4, 0.5) is 4.79 Å². The summed E-state index contributed by atoms with van der Waals surface area (Å²) in [6, 6.07) is -0.249. The highest BCUT2D eigenvalue weighted by atomic mass is 16.2. The minimum absolute atomic E-state index is 0.00853. The van der Waals surface area contributed by atoms with Gasteiger partial charge in [-0.05, 0) is 32.1 Å². The van der Waals surface area contributed by atoms with Crippen molar-refractivity contribution in [3.05, 3.63) is 0 Å². The van der Waals surface area contributed by atoms with Crippen LogP contribution in [-0.4, -0.2) is 59.4 Å². The highest BCUT2D eigenvalue weighted by molar-refractivity contribution is 5.89. The van der Waals surface area contributed by atoms with Crippen molar-refractivity contribution >= 4 is 17.8 Å². The highest BCUT2D eigenvalue weighted by Gasteiger charge is 2.41. The molecule has 3 N–H and O–H groups in total. The molecule has 4 amide bonds. The van der Waals surface area contributed by atoms with Crippen molar-refractivity contribution in [2.45, 2.75) is 76.3 Å². The van der Waals surface area contributed by atoms with Crippen LogP contribution in [-0.2, 0) is 9.59 Å². The Morgan fingerprint density at radius 3 is 2.42 bits per heavy atom. The third-order valence-corrected chi connectivity index (χ3v) is 6.20. The lowest BCUT2D eigenvalue weighted by Gasteiger charge is -2.37. The molecule has 0 bridgehead atoms. The number of hydrogen-bond acceptors (Lipinski definition) is 3. The molecule has 2 atom stereocenters. The summed E-state index contributed by atoms with van der Waals surface area (Å²) in [5.74, 6) is -0.0237. The van der Waals surface area contributed by atoms with Crippen LogP contribution in [0.3, 0.4) is 0 Å². The van der Waals surface area contributed by atoms with Gasteiger partial charge in [-0.2, -0.15) is 0 Å². The van der Waals surface area contributed by atoms with Crippen molar-refractivity contribution in [3.8, 4) is 0 Å². The quantitative estimate of drug-likeness (QED) is 0.742. The van der Waals surface area contributed by atoms with Gasteiger partial charge in [-0.25, -0.2) is 4.79 Å². The standard InChI is InChI=1S/C19H32N4O3/c20-19(26)21-12-16-9-5-6-10-22(16)18(25)14-11-17(24)23(13-14)15-7-3-1-2-4-8-15/h14-16H,1-13H2,(H3,20,21,26)/t14-,16-/m0/s1. The zero-order valence-corrected chi connectivity index (χ0v) is 15.6. The molecule has 0 aromatic heterocycles. The number of nitrogens with two attached hydrogens (primary N) is 1. The summed E-state index contributed by atoms with van der Waals surface area (Å²) in [4.78, 5) is 40.5. The minimum atomic E-state index is -0.557. The molecule has 3 aliphatic rings. The summed E-state index contributed by atoms with van der Waals surface area (Å²) in [5.41, 5.74) is 5.18. The van der Waals surface area contributed by atoms with Crippen molar-refractivity contribution in [1.82, 2.24) is 15.1 Å². The van der Waals surface area contributed by atoms with Crippen molar-refractivity contribution in [2.75, 3.05) is 19.6 Å². The molecule has 0 aromatic carbocycles. The van der Waals surface area contributed by atoms with Crippen LogP contribution in [0.2, 0.25) is 0 Å². The number of rotatable bonds is 4. The van der Waals surface area contributed by atoms with Gasteiger partial charge in [0.1, 0.15) is 0 Å². The largest absolute Gasteiger partial charge is 0.352 e. The Kier molecular flexibility index (Phi) is 6.38. The molecular formula is C19H32N4O3. The fraction of sp³-hybridized carbons (Fsp3) is 0.842. The van der Waals surface area contributed by atoms with Gasteiger partial charge in [0.15, 0.2) is 0 Å². The van der Waals surface area contributed by atoms with Gasteiger partial charge in [-0.3, -0.25) is 9.59 Å². The zero-order chi connectivity index (χ0) is 18.5. The van der Waals surface area contributed by atoms with E-state index in [0.29, 0.717) is 32.1 Å². The molecule has 3 fully saturated rings. The molecule has 146 valence electrons. The molecule has 7 heteroatoms. The fourth-order valence-corrected chi connectivity index (χ4v) is 4.78. The lowest BCUT2D eigenvalue weighted by Crippen LogP contribution is -2.52. The van der Waals surface area contributed by atoms with E-state index in [0.717, 1.165) is 32.1 Å². The molecule has 0 unspecified atom stereocenters. The van der Waals surface area contributed by atoms with Crippen LogP contribution in [0, 0.1) is 5.92 Å². The van der Waals surface area contributed by atoms with E-state index in [9.17, 15) is 14.4 Å². The van der Waals surface area contributed by atoms with Crippen LogP contribution >= 0.6 is 0 Å². The normalized spacial score (nSPS) is 28.1. The fourth-order valence-electron chi connectivity index (χ4n) is 4.78. The molecule has 26 heavy (non-hydrogen) atoms. The predicted molar refractivity (Wildman–Crippen MR) is 98.2 cm³/mol. The predicted octanol–water partition coefficient (Wildman–Crippen LogP) is 1.61. The maximum absolute atomic E-state index is 13.1. The van der Waals surface area contributed by atoms with Gasteiger partial charge in [0, 0.05) is 38.1 Å². The maximum atomic E-state index is 13.1. The van der Waals surface area contributed by atoms with E-state index < -0.39 is 6.03 Å². The number of carbonyl (C=O) groups excluding carboxylic acids is 3. The van der Waals surface area contributed by atoms with Crippen LogP contribution in [0.5, 0.6) is 0 Å². The molecule has 2 aliphatic heterocycles. The van der Waals surface area contributed by atoms with Crippen LogP contribution < -0.4 is 11.1 Å². The van der Waals surface area contributed by atoms with Gasteiger partial charge in [0.2, 0.25) is 11.8 Å². The monoisotopic (exact) mass is 364 g/mol. The van der Waals surface area contributed by atoms with E-state index in [-0.39, 0.29) is 23.8 Å². The summed E-state index contributed by atoms with van der Waals surface area (Å²) in [7, 11) is 0. The number of likely N-dealkylation sites (tertiary alicyclic amines) is 2. The van der Waals surface area contributed by atoms with Crippen molar-refractivity contribution < 1.29 is 14.4 Å². The number of urea groups is 1. The van der Waals surface area contributed by atoms with Gasteiger partial charge in [-0.1, -0.05) is 25.7 Å². The molecule has 0 spiro atoms. The summed E-state index contributed by atoms with van der Waals surface area (Å²) in [5, 5.41) is 2.63. The van der Waals surface area contributed by atoms with Gasteiger partial charge >= 0.3 is 6.03 Å². The smallest absolute Gasteiger partial charge is 0.312 e. The number of piperidine rings is 1. The van der Waals surface area contributed by atoms with E-state index in [1.54, 1.807) is 0 Å². The SMILES string of the molecule is NC(=O)NC[C@@H]1CCCCN1C(=O)[C@H]1CC(=O)N(C2CCCCCC2)C1. The molecule has 2 saturated heterocycles. The summed E-state index contributed by atoms with van der Waals surface area (Å²) < 4.78 is 0. The first-order valence-electron chi connectivity index (χ1n) is 10.2. The third kappa shape index (κ3) is 4.48. The molecule has 1 aliphatic carbocycles. The van der Waals surface area contributed by atoms with Crippen LogP contribution in [0.1, 0.15) is 64.2 Å². The second-order valence-electron chi connectivity index (χ2n) is 8.02. The third-order valence-electron chi connectivity index (χ3n) is 6.20. The number of nitrogens with zero attached hydrogens (tertiary/aromatic N) is 2. The van der Waals surface area contributed by atoms with E-state index in [1.165, 1.54) is 25.7 Å². The average Bonchev–Trinajstić information content (AvgIpc) is 2.84. The Morgan fingerprint density at radius 1 is 1.04 bits per heavy atom. The van der Waals surface area contributed by atoms with Gasteiger partial charge in [0.05, 0.1) is 5.92 Å². The lowest BCUT2D eigenvalue weighted by molar-refractivity contribution is -0.139. The topological polar surface area (TPSA) is 95.7 Å². The lowest BCUT2D eigenvalue weighted by atomic mass is 9.98. The first-order valence-corrected chi connectivity index (χ1v) is 10.2.